The third-order valence-electron chi connectivity index (χ3n) is 2.42. The second kappa shape index (κ2) is 10.7. The zero-order valence-corrected chi connectivity index (χ0v) is 15.3. The molecule has 3 N–H and O–H groups in total. The monoisotopic (exact) mass is 427 g/mol. The minimum absolute atomic E-state index is 0. The van der Waals surface area contributed by atoms with Gasteiger partial charge in [0.1, 0.15) is 4.90 Å². The molecule has 0 bridgehead atoms. The number of hydrogen-bond donors (Lipinski definition) is 3. The van der Waals surface area contributed by atoms with Gasteiger partial charge >= 0.3 is 0 Å². The Morgan fingerprint density at radius 2 is 2.00 bits per heavy atom. The highest BCUT2D eigenvalue weighted by atomic mass is 127. The Kier molecular flexibility index (Phi) is 10.3. The Balaban J connectivity index is 0.00000400. The number of hydrogen-bond acceptors (Lipinski definition) is 4. The van der Waals surface area contributed by atoms with Crippen molar-refractivity contribution in [1.82, 2.24) is 20.3 Å². The van der Waals surface area contributed by atoms with E-state index < -0.39 is 10.0 Å². The molecule has 0 amide bonds. The Hall–Kier alpha value is -0.940. The van der Waals surface area contributed by atoms with Gasteiger partial charge in [0.25, 0.3) is 0 Å². The van der Waals surface area contributed by atoms with Crippen molar-refractivity contribution in [3.63, 3.8) is 0 Å². The van der Waals surface area contributed by atoms with Gasteiger partial charge in [-0.25, -0.2) is 13.1 Å². The molecule has 7 nitrogen and oxygen atoms in total. The van der Waals surface area contributed by atoms with Crippen LogP contribution in [0.5, 0.6) is 0 Å². The maximum Gasteiger partial charge on any atom is 0.242 e. The van der Waals surface area contributed by atoms with E-state index >= 15 is 0 Å². The van der Waals surface area contributed by atoms with Crippen molar-refractivity contribution >= 4 is 40.0 Å². The van der Waals surface area contributed by atoms with Crippen LogP contribution in [0.3, 0.4) is 0 Å². The molecular formula is C12H22IN5O2S. The molecule has 1 heterocycles. The Bertz CT molecular complexity index is 522. The maximum atomic E-state index is 11.9. The van der Waals surface area contributed by atoms with Crippen LogP contribution in [0.1, 0.15) is 13.3 Å². The zero-order chi connectivity index (χ0) is 14.8. The lowest BCUT2D eigenvalue weighted by molar-refractivity contribution is 0.580. The van der Waals surface area contributed by atoms with Crippen LogP contribution in [0.2, 0.25) is 0 Å². The number of sulfonamides is 1. The number of nitrogens with one attached hydrogen (secondary N) is 3. The topological polar surface area (TPSA) is 95.5 Å². The highest BCUT2D eigenvalue weighted by Crippen LogP contribution is 2.04. The van der Waals surface area contributed by atoms with Crippen molar-refractivity contribution in [2.75, 3.05) is 26.7 Å². The minimum atomic E-state index is -3.49. The number of nitrogens with zero attached hydrogens (tertiary/aromatic N) is 2. The maximum absolute atomic E-state index is 11.9. The van der Waals surface area contributed by atoms with E-state index in [9.17, 15) is 8.42 Å². The predicted molar refractivity (Wildman–Crippen MR) is 94.5 cm³/mol. The summed E-state index contributed by atoms with van der Waals surface area (Å²) in [4.78, 5) is 7.98. The van der Waals surface area contributed by atoms with E-state index in [1.807, 2.05) is 0 Å². The first kappa shape index (κ1) is 20.1. The number of rotatable bonds is 7. The van der Waals surface area contributed by atoms with E-state index in [1.54, 1.807) is 13.1 Å². The van der Waals surface area contributed by atoms with Crippen molar-refractivity contribution in [1.29, 1.82) is 0 Å². The molecule has 0 aliphatic carbocycles. The molecular weight excluding hydrogens is 405 g/mol. The zero-order valence-electron chi connectivity index (χ0n) is 12.2. The van der Waals surface area contributed by atoms with E-state index in [1.165, 1.54) is 18.5 Å². The van der Waals surface area contributed by atoms with Crippen LogP contribution in [0.15, 0.2) is 34.4 Å². The summed E-state index contributed by atoms with van der Waals surface area (Å²) in [6.07, 6.45) is 3.84. The van der Waals surface area contributed by atoms with Gasteiger partial charge in [0.05, 0.1) is 0 Å². The lowest BCUT2D eigenvalue weighted by Gasteiger charge is -2.11. The third kappa shape index (κ3) is 7.58. The van der Waals surface area contributed by atoms with Crippen LogP contribution in [0, 0.1) is 0 Å². The molecule has 0 saturated carbocycles. The molecule has 120 valence electrons. The van der Waals surface area contributed by atoms with E-state index in [4.69, 9.17) is 0 Å². The fourth-order valence-corrected chi connectivity index (χ4v) is 2.41. The highest BCUT2D eigenvalue weighted by Gasteiger charge is 2.12. The molecule has 1 rings (SSSR count). The van der Waals surface area contributed by atoms with Crippen LogP contribution in [-0.4, -0.2) is 46.0 Å². The van der Waals surface area contributed by atoms with Crippen molar-refractivity contribution in [2.45, 2.75) is 18.2 Å². The number of halogens is 1. The third-order valence-corrected chi connectivity index (χ3v) is 3.87. The van der Waals surface area contributed by atoms with Gasteiger partial charge in [-0.3, -0.25) is 9.98 Å². The van der Waals surface area contributed by atoms with Crippen molar-refractivity contribution < 1.29 is 8.42 Å². The first-order valence-corrected chi connectivity index (χ1v) is 7.92. The van der Waals surface area contributed by atoms with Gasteiger partial charge in [0, 0.05) is 39.1 Å². The summed E-state index contributed by atoms with van der Waals surface area (Å²) in [6.45, 7) is 3.59. The quantitative estimate of drug-likeness (QED) is 0.256. The number of guanidine groups is 1. The van der Waals surface area contributed by atoms with E-state index in [2.05, 4.69) is 32.3 Å². The van der Waals surface area contributed by atoms with Crippen LogP contribution in [-0.2, 0) is 10.0 Å². The average molecular weight is 427 g/mol. The normalized spacial score (nSPS) is 11.6. The lowest BCUT2D eigenvalue weighted by Crippen LogP contribution is -2.41. The van der Waals surface area contributed by atoms with Crippen LogP contribution in [0.4, 0.5) is 0 Å². The smallest absolute Gasteiger partial charge is 0.242 e. The van der Waals surface area contributed by atoms with Crippen molar-refractivity contribution in [3.05, 3.63) is 24.5 Å². The molecule has 9 heteroatoms. The van der Waals surface area contributed by atoms with E-state index in [0.717, 1.165) is 13.0 Å². The summed E-state index contributed by atoms with van der Waals surface area (Å²) >= 11 is 0. The van der Waals surface area contributed by atoms with E-state index in [0.29, 0.717) is 12.5 Å². The Labute approximate surface area is 143 Å². The predicted octanol–water partition coefficient (Wildman–Crippen LogP) is 0.553. The van der Waals surface area contributed by atoms with Gasteiger partial charge in [-0.2, -0.15) is 0 Å². The molecule has 0 atom stereocenters. The largest absolute Gasteiger partial charge is 0.356 e. The minimum Gasteiger partial charge on any atom is -0.356 e. The highest BCUT2D eigenvalue weighted by molar-refractivity contribution is 14.0. The summed E-state index contributed by atoms with van der Waals surface area (Å²) in [5, 5.41) is 6.12. The number of pyridine rings is 1. The molecule has 0 radical (unpaired) electrons. The molecule has 0 unspecified atom stereocenters. The fourth-order valence-electron chi connectivity index (χ4n) is 1.42. The summed E-state index contributed by atoms with van der Waals surface area (Å²) in [5.41, 5.74) is 0. The average Bonchev–Trinajstić information content (AvgIpc) is 2.47. The Morgan fingerprint density at radius 1 is 1.29 bits per heavy atom. The first-order chi connectivity index (χ1) is 9.60. The lowest BCUT2D eigenvalue weighted by atomic mass is 10.5. The first-order valence-electron chi connectivity index (χ1n) is 6.44. The van der Waals surface area contributed by atoms with Gasteiger partial charge in [-0.05, 0) is 18.6 Å². The summed E-state index contributed by atoms with van der Waals surface area (Å²) in [5.74, 6) is 0.660. The van der Waals surface area contributed by atoms with Gasteiger partial charge < -0.3 is 10.6 Å². The number of aliphatic imine (C=N–C) groups is 1. The van der Waals surface area contributed by atoms with Gasteiger partial charge in [-0.1, -0.05) is 6.92 Å². The molecule has 0 saturated heterocycles. The van der Waals surface area contributed by atoms with Gasteiger partial charge in [0.15, 0.2) is 5.96 Å². The summed E-state index contributed by atoms with van der Waals surface area (Å²) in [6, 6.07) is 3.09. The van der Waals surface area contributed by atoms with Crippen molar-refractivity contribution in [3.8, 4) is 0 Å². The number of aromatic nitrogens is 1. The molecule has 21 heavy (non-hydrogen) atoms. The molecule has 0 fully saturated rings. The standard InChI is InChI=1S/C12H21N5O2S.HI/c1-3-6-15-12(13-2)16-8-9-17-20(18,19)11-5-4-7-14-10-11;/h4-5,7,10,17H,3,6,8-9H2,1-2H3,(H2,13,15,16);1H. The molecule has 1 aromatic heterocycles. The second-order valence-electron chi connectivity index (χ2n) is 4.01. The molecule has 1 aromatic rings. The van der Waals surface area contributed by atoms with Crippen LogP contribution >= 0.6 is 24.0 Å². The fraction of sp³-hybridized carbons (Fsp3) is 0.500. The Morgan fingerprint density at radius 3 is 2.57 bits per heavy atom. The molecule has 0 spiro atoms. The molecule has 0 aliphatic heterocycles. The molecule has 0 aromatic carbocycles. The SMILES string of the molecule is CCCNC(=NC)NCCNS(=O)(=O)c1cccnc1.I. The summed E-state index contributed by atoms with van der Waals surface area (Å²) < 4.78 is 26.3. The van der Waals surface area contributed by atoms with Crippen molar-refractivity contribution in [2.24, 2.45) is 4.99 Å². The summed E-state index contributed by atoms with van der Waals surface area (Å²) in [7, 11) is -1.82. The van der Waals surface area contributed by atoms with Crippen LogP contribution in [0.25, 0.3) is 0 Å². The van der Waals surface area contributed by atoms with Crippen LogP contribution < -0.4 is 15.4 Å². The second-order valence-corrected chi connectivity index (χ2v) is 5.78. The molecule has 0 aliphatic rings. The van der Waals surface area contributed by atoms with Gasteiger partial charge in [-0.15, -0.1) is 24.0 Å². The van der Waals surface area contributed by atoms with E-state index in [-0.39, 0.29) is 35.4 Å². The van der Waals surface area contributed by atoms with Gasteiger partial charge in [0.2, 0.25) is 10.0 Å².